The lowest BCUT2D eigenvalue weighted by atomic mass is 10.1. The summed E-state index contributed by atoms with van der Waals surface area (Å²) < 4.78 is 51.9. The summed E-state index contributed by atoms with van der Waals surface area (Å²) in [6.07, 6.45) is -3.08. The molecule has 0 amide bonds. The van der Waals surface area contributed by atoms with Gasteiger partial charge in [-0.1, -0.05) is 0 Å². The molecule has 1 heterocycles. The normalized spacial score (nSPS) is 13.5. The standard InChI is InChI=1S/C13H12F4N2S/c1-7(18-2)11-6-19-12(20-11)9-4-3-8(14)5-10(9)13(15,16)17/h3-7,18H,1-2H3. The quantitative estimate of drug-likeness (QED) is 0.858. The second-order valence-electron chi connectivity index (χ2n) is 4.27. The summed E-state index contributed by atoms with van der Waals surface area (Å²) >= 11 is 1.16. The first kappa shape index (κ1) is 14.9. The molecule has 0 spiro atoms. The lowest BCUT2D eigenvalue weighted by Gasteiger charge is -2.11. The lowest BCUT2D eigenvalue weighted by molar-refractivity contribution is -0.137. The number of hydrogen-bond acceptors (Lipinski definition) is 3. The number of nitrogens with zero attached hydrogens (tertiary/aromatic N) is 1. The minimum Gasteiger partial charge on any atom is -0.312 e. The Kier molecular flexibility index (Phi) is 4.10. The highest BCUT2D eigenvalue weighted by molar-refractivity contribution is 7.15. The van der Waals surface area contributed by atoms with E-state index in [-0.39, 0.29) is 16.6 Å². The Morgan fingerprint density at radius 2 is 2.00 bits per heavy atom. The molecule has 20 heavy (non-hydrogen) atoms. The number of alkyl halides is 3. The lowest BCUT2D eigenvalue weighted by Crippen LogP contribution is -2.10. The summed E-state index contributed by atoms with van der Waals surface area (Å²) in [6, 6.07) is 2.62. The molecule has 1 aromatic carbocycles. The van der Waals surface area contributed by atoms with Crippen molar-refractivity contribution >= 4 is 11.3 Å². The fourth-order valence-electron chi connectivity index (χ4n) is 1.69. The predicted octanol–water partition coefficient (Wildman–Crippen LogP) is 4.25. The molecule has 7 heteroatoms. The maximum atomic E-state index is 13.1. The topological polar surface area (TPSA) is 24.9 Å². The molecule has 1 N–H and O–H groups in total. The fraction of sp³-hybridized carbons (Fsp3) is 0.308. The van der Waals surface area contributed by atoms with Crippen molar-refractivity contribution in [3.8, 4) is 10.6 Å². The number of benzene rings is 1. The molecule has 0 bridgehead atoms. The summed E-state index contributed by atoms with van der Waals surface area (Å²) in [5.41, 5.74) is -1.10. The molecule has 2 nitrogen and oxygen atoms in total. The van der Waals surface area contributed by atoms with Crippen molar-refractivity contribution in [2.24, 2.45) is 0 Å². The first-order valence-electron chi connectivity index (χ1n) is 5.83. The number of rotatable bonds is 3. The second-order valence-corrected chi connectivity index (χ2v) is 5.33. The number of halogens is 4. The monoisotopic (exact) mass is 304 g/mol. The zero-order chi connectivity index (χ0) is 14.9. The van der Waals surface area contributed by atoms with E-state index in [1.165, 1.54) is 6.20 Å². The van der Waals surface area contributed by atoms with Crippen LogP contribution in [0, 0.1) is 5.82 Å². The van der Waals surface area contributed by atoms with Crippen molar-refractivity contribution in [3.05, 3.63) is 40.7 Å². The van der Waals surface area contributed by atoms with E-state index in [1.807, 2.05) is 6.92 Å². The van der Waals surface area contributed by atoms with Crippen molar-refractivity contribution in [3.63, 3.8) is 0 Å². The van der Waals surface area contributed by atoms with Crippen LogP contribution in [0.15, 0.2) is 24.4 Å². The summed E-state index contributed by atoms with van der Waals surface area (Å²) in [7, 11) is 1.75. The number of nitrogens with one attached hydrogen (secondary N) is 1. The van der Waals surface area contributed by atoms with Gasteiger partial charge >= 0.3 is 6.18 Å². The van der Waals surface area contributed by atoms with Gasteiger partial charge < -0.3 is 5.32 Å². The van der Waals surface area contributed by atoms with Crippen LogP contribution in [0.4, 0.5) is 17.6 Å². The SMILES string of the molecule is CNC(C)c1cnc(-c2ccc(F)cc2C(F)(F)F)s1. The Morgan fingerprint density at radius 3 is 2.60 bits per heavy atom. The van der Waals surface area contributed by atoms with Crippen LogP contribution in [-0.4, -0.2) is 12.0 Å². The predicted molar refractivity (Wildman–Crippen MR) is 70.0 cm³/mol. The Morgan fingerprint density at radius 1 is 1.30 bits per heavy atom. The number of thiazole rings is 1. The minimum atomic E-state index is -4.61. The van der Waals surface area contributed by atoms with Gasteiger partial charge in [-0.05, 0) is 32.2 Å². The largest absolute Gasteiger partial charge is 0.417 e. The van der Waals surface area contributed by atoms with Gasteiger partial charge in [-0.15, -0.1) is 11.3 Å². The van der Waals surface area contributed by atoms with Crippen LogP contribution in [0.1, 0.15) is 23.4 Å². The molecular formula is C13H12F4N2S. The van der Waals surface area contributed by atoms with Gasteiger partial charge in [-0.3, -0.25) is 0 Å². The fourth-order valence-corrected chi connectivity index (χ4v) is 2.71. The molecule has 1 atom stereocenters. The van der Waals surface area contributed by atoms with Crippen LogP contribution in [0.5, 0.6) is 0 Å². The van der Waals surface area contributed by atoms with Crippen molar-refractivity contribution in [2.45, 2.75) is 19.1 Å². The van der Waals surface area contributed by atoms with Gasteiger partial charge in [0.15, 0.2) is 0 Å². The van der Waals surface area contributed by atoms with Gasteiger partial charge in [0.2, 0.25) is 0 Å². The Labute approximate surface area is 117 Å². The smallest absolute Gasteiger partial charge is 0.312 e. The number of aromatic nitrogens is 1. The van der Waals surface area contributed by atoms with E-state index in [4.69, 9.17) is 0 Å². The molecule has 1 aromatic heterocycles. The number of hydrogen-bond donors (Lipinski definition) is 1. The van der Waals surface area contributed by atoms with Crippen molar-refractivity contribution in [1.82, 2.24) is 10.3 Å². The van der Waals surface area contributed by atoms with Crippen LogP contribution >= 0.6 is 11.3 Å². The summed E-state index contributed by atoms with van der Waals surface area (Å²) in [6.45, 7) is 1.88. The molecule has 2 aromatic rings. The van der Waals surface area contributed by atoms with Crippen LogP contribution in [0.25, 0.3) is 10.6 Å². The third-order valence-corrected chi connectivity index (χ3v) is 4.11. The van der Waals surface area contributed by atoms with E-state index in [2.05, 4.69) is 10.3 Å². The Balaban J connectivity index is 2.50. The van der Waals surface area contributed by atoms with E-state index in [0.29, 0.717) is 6.07 Å². The van der Waals surface area contributed by atoms with Gasteiger partial charge in [0.05, 0.1) is 5.56 Å². The maximum Gasteiger partial charge on any atom is 0.417 e. The van der Waals surface area contributed by atoms with Gasteiger partial charge in [-0.25, -0.2) is 9.37 Å². The molecule has 0 aliphatic rings. The van der Waals surface area contributed by atoms with Gasteiger partial charge in [-0.2, -0.15) is 13.2 Å². The first-order chi connectivity index (χ1) is 9.32. The van der Waals surface area contributed by atoms with Gasteiger partial charge in [0.25, 0.3) is 0 Å². The Bertz CT molecular complexity index is 607. The molecule has 0 aliphatic heterocycles. The summed E-state index contributed by atoms with van der Waals surface area (Å²) in [5, 5.41) is 3.22. The van der Waals surface area contributed by atoms with E-state index < -0.39 is 17.6 Å². The summed E-state index contributed by atoms with van der Waals surface area (Å²) in [4.78, 5) is 4.83. The van der Waals surface area contributed by atoms with Crippen molar-refractivity contribution in [1.29, 1.82) is 0 Å². The molecule has 0 radical (unpaired) electrons. The minimum absolute atomic E-state index is 0.00367. The molecule has 0 aliphatic carbocycles. The van der Waals surface area contributed by atoms with Crippen LogP contribution < -0.4 is 5.32 Å². The van der Waals surface area contributed by atoms with Crippen LogP contribution in [0.2, 0.25) is 0 Å². The maximum absolute atomic E-state index is 13.1. The molecule has 0 saturated carbocycles. The van der Waals surface area contributed by atoms with Gasteiger partial charge in [0.1, 0.15) is 10.8 Å². The highest BCUT2D eigenvalue weighted by Crippen LogP contribution is 2.39. The van der Waals surface area contributed by atoms with Crippen LogP contribution in [0.3, 0.4) is 0 Å². The molecule has 0 saturated heterocycles. The van der Waals surface area contributed by atoms with E-state index in [1.54, 1.807) is 7.05 Å². The zero-order valence-electron chi connectivity index (χ0n) is 10.8. The van der Waals surface area contributed by atoms with Gasteiger partial charge in [0, 0.05) is 22.7 Å². The average Bonchev–Trinajstić information content (AvgIpc) is 2.86. The van der Waals surface area contributed by atoms with E-state index in [9.17, 15) is 17.6 Å². The second kappa shape index (κ2) is 5.49. The van der Waals surface area contributed by atoms with Crippen LogP contribution in [-0.2, 0) is 6.18 Å². The highest BCUT2D eigenvalue weighted by Gasteiger charge is 2.35. The molecular weight excluding hydrogens is 292 g/mol. The van der Waals surface area contributed by atoms with Crippen molar-refractivity contribution < 1.29 is 17.6 Å². The molecule has 2 rings (SSSR count). The summed E-state index contributed by atoms with van der Waals surface area (Å²) in [5.74, 6) is -0.915. The first-order valence-corrected chi connectivity index (χ1v) is 6.64. The van der Waals surface area contributed by atoms with Crippen molar-refractivity contribution in [2.75, 3.05) is 7.05 Å². The third kappa shape index (κ3) is 2.99. The molecule has 1 unspecified atom stereocenters. The highest BCUT2D eigenvalue weighted by atomic mass is 32.1. The van der Waals surface area contributed by atoms with E-state index >= 15 is 0 Å². The molecule has 0 fully saturated rings. The average molecular weight is 304 g/mol. The molecule has 108 valence electrons. The zero-order valence-corrected chi connectivity index (χ0v) is 11.6. The van der Waals surface area contributed by atoms with E-state index in [0.717, 1.165) is 28.3 Å². The third-order valence-electron chi connectivity index (χ3n) is 2.90. The Hall–Kier alpha value is -1.47.